The number of alkyl halides is 6. The van der Waals surface area contributed by atoms with Crippen LogP contribution < -0.4 is 41.4 Å². The largest absolute Gasteiger partial charge is 0.573 e. The molecule has 10 aromatic carbocycles. The van der Waals surface area contributed by atoms with Crippen molar-refractivity contribution in [3.63, 3.8) is 0 Å². The van der Waals surface area contributed by atoms with Crippen LogP contribution in [0.3, 0.4) is 0 Å². The first kappa shape index (κ1) is 97.7. The molecule has 0 radical (unpaired) electrons. The number of nitrogens with zero attached hydrogens (tertiary/aromatic N) is 2. The second-order valence-corrected chi connectivity index (χ2v) is 35.3. The molecule has 3 unspecified atom stereocenters. The fraction of sp³-hybridized carbons (Fsp3) is 0.298. The summed E-state index contributed by atoms with van der Waals surface area (Å²) in [4.78, 5) is 119. The van der Waals surface area contributed by atoms with E-state index < -0.39 is 77.6 Å². The minimum absolute atomic E-state index is 0.000647. The standard InChI is InChI=1S/C38H40N2O4.C33H32F3N3O5S.C33H30F3N3O5S/c41-36(42)23-24-39-37(43)32-17-15-27(16-18-32)25-35(31-21-19-29(20-22-31)28-9-3-1-4-10-28)38(44)40-26-33-13-7-8-14-34(33)30-11-5-2-6-12-30;2*34-33(35,36)44-26-7-4-8-27-29(26)38-32(45-27)39-31(43)25(23-15-13-22(14-16-23)21-5-2-1-3-6-21)19-20-9-11-24(12-10-20)30(42)37-18-17-28(40)41/h2,5-8,11-22,28,35H,1,3-4,9-10,23-26H2,(H,39,43)(H,40,44)(H,41,42);4,7-16,21,25H,1-3,5-6,17-19H2,(H,37,42)(H,40,41)(H,38,39,43);4-5,7-16,25H,1-3,6,17-19H2,(H,37,42)(H,40,41)(H,38,39,43). The van der Waals surface area contributed by atoms with Crippen molar-refractivity contribution in [3.05, 3.63) is 315 Å². The van der Waals surface area contributed by atoms with Crippen molar-refractivity contribution >= 4 is 112 Å². The summed E-state index contributed by atoms with van der Waals surface area (Å²) >= 11 is 2.09. The number of thiazole rings is 2. The zero-order valence-electron chi connectivity index (χ0n) is 73.3. The van der Waals surface area contributed by atoms with Gasteiger partial charge in [0.15, 0.2) is 21.8 Å². The molecule has 30 heteroatoms. The third-order valence-corrected chi connectivity index (χ3v) is 25.7. The highest BCUT2D eigenvalue weighted by molar-refractivity contribution is 7.22. The van der Waals surface area contributed by atoms with Gasteiger partial charge in [0, 0.05) is 42.9 Å². The van der Waals surface area contributed by atoms with Crippen molar-refractivity contribution in [2.45, 2.75) is 177 Å². The Morgan fingerprint density at radius 3 is 1.15 bits per heavy atom. The molecule has 0 bridgehead atoms. The van der Waals surface area contributed by atoms with E-state index in [9.17, 15) is 69.5 Å². The number of carboxylic acid groups (broad SMARTS) is 3. The molecule has 0 aliphatic heterocycles. The molecule has 12 aromatic rings. The number of aliphatic carboxylic acids is 3. The zero-order valence-corrected chi connectivity index (χ0v) is 74.9. The smallest absolute Gasteiger partial charge is 0.481 e. The van der Waals surface area contributed by atoms with Gasteiger partial charge in [-0.25, -0.2) is 9.97 Å². The first-order valence-corrected chi connectivity index (χ1v) is 46.3. The van der Waals surface area contributed by atoms with E-state index in [1.165, 1.54) is 98.8 Å². The SMILES string of the molecule is O=C(O)CCNC(=O)c1ccc(CC(C(=O)NCc2ccccc2-c2ccccc2)c2ccc(C3CCCCC3)cc2)cc1.O=C(O)CCNC(=O)c1ccc(CC(C(=O)Nc2nc3c(OC(F)(F)F)cccc3s2)c2ccc(C3=CCCCC3)cc2)cc1.O=C(O)CCNC(=O)c1ccc(CC(C(=O)Nc2nc3c(OC(F)(F)F)cccc3s2)c2ccc(C3CCCCC3)cc2)cc1. The molecular formula is C104H102F6N8O14S2. The van der Waals surface area contributed by atoms with Gasteiger partial charge in [-0.1, -0.05) is 243 Å². The molecule has 3 aliphatic carbocycles. The van der Waals surface area contributed by atoms with Gasteiger partial charge in [-0.2, -0.15) is 0 Å². The van der Waals surface area contributed by atoms with Crippen LogP contribution in [0.4, 0.5) is 36.6 Å². The molecule has 6 amide bonds. The van der Waals surface area contributed by atoms with Crippen LogP contribution in [0, 0.1) is 0 Å². The lowest BCUT2D eigenvalue weighted by Crippen LogP contribution is -2.30. The molecule has 0 spiro atoms. The van der Waals surface area contributed by atoms with Crippen LogP contribution in [0.5, 0.6) is 11.5 Å². The van der Waals surface area contributed by atoms with Crippen LogP contribution in [-0.4, -0.2) is 111 Å². The van der Waals surface area contributed by atoms with Gasteiger partial charge in [0.05, 0.1) is 46.4 Å². The molecule has 3 atom stereocenters. The van der Waals surface area contributed by atoms with Crippen molar-refractivity contribution in [1.29, 1.82) is 0 Å². The number of carbonyl (C=O) groups is 9. The average Bonchev–Trinajstić information content (AvgIpc) is 1.65. The van der Waals surface area contributed by atoms with Crippen LogP contribution >= 0.6 is 22.7 Å². The fourth-order valence-electron chi connectivity index (χ4n) is 16.9. The van der Waals surface area contributed by atoms with E-state index in [0.29, 0.717) is 50.9 Å². The van der Waals surface area contributed by atoms with Gasteiger partial charge < -0.3 is 56.7 Å². The molecule has 0 saturated heterocycles. The number of hydrogen-bond donors (Lipinski definition) is 9. The Balaban J connectivity index is 0.000000170. The summed E-state index contributed by atoms with van der Waals surface area (Å²) in [6.07, 6.45) is 9.53. The Labute approximate surface area is 778 Å². The normalized spacial score (nSPS) is 14.2. The molecule has 22 nitrogen and oxygen atoms in total. The summed E-state index contributed by atoms with van der Waals surface area (Å²) in [7, 11) is 0. The van der Waals surface area contributed by atoms with E-state index in [1.54, 1.807) is 72.8 Å². The van der Waals surface area contributed by atoms with E-state index in [4.69, 9.17) is 15.3 Å². The van der Waals surface area contributed by atoms with Crippen LogP contribution in [0.25, 0.3) is 37.1 Å². The molecule has 134 heavy (non-hydrogen) atoms. The topological polar surface area (TPSA) is 331 Å². The number of hydrogen-bond acceptors (Lipinski definition) is 15. The van der Waals surface area contributed by atoms with Crippen molar-refractivity contribution in [2.75, 3.05) is 30.3 Å². The number of carbonyl (C=O) groups excluding carboxylic acids is 6. The molecule has 15 rings (SSSR count). The fourth-order valence-corrected chi connectivity index (χ4v) is 18.6. The molecule has 3 aliphatic rings. The number of fused-ring (bicyclic) bond motifs is 2. The number of amides is 6. The lowest BCUT2D eigenvalue weighted by Gasteiger charge is -2.23. The summed E-state index contributed by atoms with van der Waals surface area (Å²) in [6.45, 7) is 0.490. The van der Waals surface area contributed by atoms with Gasteiger partial charge in [-0.05, 0) is 215 Å². The Morgan fingerprint density at radius 1 is 0.388 bits per heavy atom. The first-order valence-electron chi connectivity index (χ1n) is 44.7. The minimum Gasteiger partial charge on any atom is -0.481 e. The van der Waals surface area contributed by atoms with Crippen LogP contribution in [-0.2, 0) is 54.6 Å². The Kier molecular flexibility index (Phi) is 34.2. The summed E-state index contributed by atoms with van der Waals surface area (Å²) < 4.78 is 86.6. The molecule has 2 saturated carbocycles. The summed E-state index contributed by atoms with van der Waals surface area (Å²) in [5, 5.41) is 43.2. The predicted octanol–water partition coefficient (Wildman–Crippen LogP) is 22.0. The molecule has 2 aromatic heterocycles. The number of benzene rings is 10. The summed E-state index contributed by atoms with van der Waals surface area (Å²) in [6, 6.07) is 71.7. The van der Waals surface area contributed by atoms with Gasteiger partial charge in [0.1, 0.15) is 11.0 Å². The van der Waals surface area contributed by atoms with Gasteiger partial charge >= 0.3 is 30.6 Å². The highest BCUT2D eigenvalue weighted by atomic mass is 32.1. The van der Waals surface area contributed by atoms with Crippen molar-refractivity contribution in [3.8, 4) is 22.6 Å². The summed E-state index contributed by atoms with van der Waals surface area (Å²) in [5.74, 6) is -6.51. The first-order chi connectivity index (χ1) is 64.6. The quantitative estimate of drug-likeness (QED) is 0.0169. The van der Waals surface area contributed by atoms with Crippen molar-refractivity contribution < 1.29 is 94.3 Å². The summed E-state index contributed by atoms with van der Waals surface area (Å²) in [5.41, 5.74) is 14.3. The molecule has 2 heterocycles. The third-order valence-electron chi connectivity index (χ3n) is 23.8. The monoisotopic (exact) mass is 1860 g/mol. The number of aromatic nitrogens is 2. The van der Waals surface area contributed by atoms with Crippen molar-refractivity contribution in [1.82, 2.24) is 31.2 Å². The number of halogens is 6. The predicted molar refractivity (Wildman–Crippen MR) is 503 cm³/mol. The van der Waals surface area contributed by atoms with E-state index in [1.807, 2.05) is 78.9 Å². The lowest BCUT2D eigenvalue weighted by atomic mass is 9.83. The van der Waals surface area contributed by atoms with Crippen molar-refractivity contribution in [2.24, 2.45) is 0 Å². The second-order valence-electron chi connectivity index (χ2n) is 33.2. The van der Waals surface area contributed by atoms with Crippen LogP contribution in [0.1, 0.15) is 225 Å². The molecule has 696 valence electrons. The van der Waals surface area contributed by atoms with Crippen LogP contribution in [0.15, 0.2) is 243 Å². The average molecular weight is 1870 g/mol. The Bertz CT molecular complexity index is 6090. The number of anilines is 2. The van der Waals surface area contributed by atoms with Gasteiger partial charge in [-0.15, -0.1) is 26.3 Å². The van der Waals surface area contributed by atoms with Crippen LogP contribution in [0.2, 0.25) is 0 Å². The van der Waals surface area contributed by atoms with E-state index in [-0.39, 0.29) is 90.8 Å². The van der Waals surface area contributed by atoms with Gasteiger partial charge in [0.2, 0.25) is 17.7 Å². The maximum absolute atomic E-state index is 13.9. The maximum atomic E-state index is 13.9. The molecule has 2 fully saturated rings. The Morgan fingerprint density at radius 2 is 0.769 bits per heavy atom. The minimum atomic E-state index is -4.89. The lowest BCUT2D eigenvalue weighted by molar-refractivity contribution is -0.275. The molecular weight excluding hydrogens is 1760 g/mol. The second kappa shape index (κ2) is 47.0. The number of carboxylic acids is 3. The number of rotatable bonds is 34. The van der Waals surface area contributed by atoms with Gasteiger partial charge in [0.25, 0.3) is 17.7 Å². The number of allylic oxidation sites excluding steroid dienone is 2. The highest BCUT2D eigenvalue weighted by Crippen LogP contribution is 2.41. The zero-order chi connectivity index (χ0) is 94.7. The molecule has 9 N–H and O–H groups in total. The van der Waals surface area contributed by atoms with Gasteiger partial charge in [-0.3, -0.25) is 43.2 Å². The Hall–Kier alpha value is -13.9. The van der Waals surface area contributed by atoms with E-state index in [2.05, 4.69) is 118 Å². The highest BCUT2D eigenvalue weighted by Gasteiger charge is 2.35. The maximum Gasteiger partial charge on any atom is 0.573 e. The van der Waals surface area contributed by atoms with E-state index >= 15 is 0 Å². The number of nitrogens with one attached hydrogen (secondary N) is 6. The number of ether oxygens (including phenoxy) is 2. The third kappa shape index (κ3) is 28.6. The number of para-hydroxylation sites is 2. The van der Waals surface area contributed by atoms with E-state index in [0.717, 1.165) is 110 Å².